The molecule has 0 saturated heterocycles. The molecule has 0 aliphatic carbocycles. The molecule has 0 radical (unpaired) electrons. The van der Waals surface area contributed by atoms with Crippen LogP contribution in [0.5, 0.6) is 0 Å². The van der Waals surface area contributed by atoms with E-state index in [1.807, 2.05) is 29.5 Å². The van der Waals surface area contributed by atoms with Crippen LogP contribution in [0.15, 0.2) is 29.6 Å². The molecule has 0 unspecified atom stereocenters. The number of hydrogen-bond acceptors (Lipinski definition) is 4. The molecule has 6 heteroatoms. The summed E-state index contributed by atoms with van der Waals surface area (Å²) in [5.74, 6) is 1.00. The highest BCUT2D eigenvalue weighted by atomic mass is 35.5. The highest BCUT2D eigenvalue weighted by Gasteiger charge is 2.28. The van der Waals surface area contributed by atoms with Gasteiger partial charge in [-0.3, -0.25) is 4.90 Å². The van der Waals surface area contributed by atoms with Gasteiger partial charge in [0.2, 0.25) is 0 Å². The summed E-state index contributed by atoms with van der Waals surface area (Å²) in [6.45, 7) is 4.73. The molecule has 1 aliphatic heterocycles. The monoisotopic (exact) mass is 375 g/mol. The minimum atomic E-state index is 0.0941. The lowest BCUT2D eigenvalue weighted by molar-refractivity contribution is 0.165. The number of aliphatic hydroxyl groups excluding tert-OH is 1. The SMILES string of the molecule is CC[C@H]1c2ccsc2CCN1Cc1nc2ccc(Cl)cc2n1CCO. The molecule has 4 nitrogen and oxygen atoms in total. The van der Waals surface area contributed by atoms with Gasteiger partial charge in [0.15, 0.2) is 0 Å². The van der Waals surface area contributed by atoms with Crippen molar-refractivity contribution in [3.05, 3.63) is 50.9 Å². The van der Waals surface area contributed by atoms with Crippen molar-refractivity contribution in [3.8, 4) is 0 Å². The van der Waals surface area contributed by atoms with Gasteiger partial charge in [0.05, 0.1) is 24.2 Å². The van der Waals surface area contributed by atoms with Crippen molar-refractivity contribution < 1.29 is 5.11 Å². The quantitative estimate of drug-likeness (QED) is 0.724. The fourth-order valence-electron chi connectivity index (χ4n) is 3.91. The Hall–Kier alpha value is -1.40. The maximum Gasteiger partial charge on any atom is 0.124 e. The zero-order valence-corrected chi connectivity index (χ0v) is 15.9. The van der Waals surface area contributed by atoms with Gasteiger partial charge >= 0.3 is 0 Å². The van der Waals surface area contributed by atoms with E-state index >= 15 is 0 Å². The molecule has 4 rings (SSSR count). The summed E-state index contributed by atoms with van der Waals surface area (Å²) in [6, 6.07) is 8.49. The zero-order chi connectivity index (χ0) is 17.4. The largest absolute Gasteiger partial charge is 0.395 e. The third-order valence-corrected chi connectivity index (χ3v) is 6.28. The van der Waals surface area contributed by atoms with Crippen molar-refractivity contribution in [2.75, 3.05) is 13.2 Å². The molecule has 3 heterocycles. The van der Waals surface area contributed by atoms with E-state index in [0.717, 1.165) is 42.8 Å². The number of rotatable bonds is 5. The van der Waals surface area contributed by atoms with Crippen LogP contribution in [0.1, 0.15) is 35.7 Å². The predicted octanol–water partition coefficient (Wildman–Crippen LogP) is 4.25. The summed E-state index contributed by atoms with van der Waals surface area (Å²) in [6.07, 6.45) is 2.20. The van der Waals surface area contributed by atoms with E-state index < -0.39 is 0 Å². The van der Waals surface area contributed by atoms with Gasteiger partial charge in [0.25, 0.3) is 0 Å². The van der Waals surface area contributed by atoms with Crippen LogP contribution in [-0.2, 0) is 19.5 Å². The summed E-state index contributed by atoms with van der Waals surface area (Å²) < 4.78 is 2.11. The smallest absolute Gasteiger partial charge is 0.124 e. The predicted molar refractivity (Wildman–Crippen MR) is 103 cm³/mol. The van der Waals surface area contributed by atoms with Crippen molar-refractivity contribution in [2.24, 2.45) is 0 Å². The number of fused-ring (bicyclic) bond motifs is 2. The van der Waals surface area contributed by atoms with Crippen LogP contribution in [0.2, 0.25) is 5.02 Å². The standard InChI is InChI=1S/C19H22ClN3OS/c1-2-16-14-6-10-25-18(14)5-7-22(16)12-19-21-15-4-3-13(20)11-17(15)23(19)8-9-24/h3-4,6,10-11,16,24H,2,5,7-9,12H2,1H3/t16-/m0/s1. The first-order valence-corrected chi connectivity index (χ1v) is 10.0. The maximum atomic E-state index is 9.50. The average Bonchev–Trinajstić information content (AvgIpc) is 3.20. The van der Waals surface area contributed by atoms with E-state index in [2.05, 4.69) is 27.8 Å². The van der Waals surface area contributed by atoms with E-state index in [0.29, 0.717) is 17.6 Å². The van der Waals surface area contributed by atoms with Gasteiger partial charge in [-0.2, -0.15) is 0 Å². The maximum absolute atomic E-state index is 9.50. The molecule has 1 atom stereocenters. The van der Waals surface area contributed by atoms with E-state index in [1.165, 1.54) is 10.4 Å². The van der Waals surface area contributed by atoms with Crippen molar-refractivity contribution in [1.29, 1.82) is 0 Å². The third-order valence-electron chi connectivity index (χ3n) is 5.05. The van der Waals surface area contributed by atoms with Crippen LogP contribution in [0.4, 0.5) is 0 Å². The molecule has 132 valence electrons. The lowest BCUT2D eigenvalue weighted by atomic mass is 9.98. The van der Waals surface area contributed by atoms with Crippen LogP contribution in [-0.4, -0.2) is 32.7 Å². The molecular formula is C19H22ClN3OS. The van der Waals surface area contributed by atoms with Crippen molar-refractivity contribution in [2.45, 2.75) is 38.9 Å². The Bertz CT molecular complexity index is 888. The normalized spacial score (nSPS) is 18.0. The van der Waals surface area contributed by atoms with Crippen molar-refractivity contribution in [3.63, 3.8) is 0 Å². The van der Waals surface area contributed by atoms with Crippen molar-refractivity contribution in [1.82, 2.24) is 14.5 Å². The first-order chi connectivity index (χ1) is 12.2. The van der Waals surface area contributed by atoms with Crippen LogP contribution < -0.4 is 0 Å². The number of hydrogen-bond donors (Lipinski definition) is 1. The minimum Gasteiger partial charge on any atom is -0.395 e. The Labute approximate surface area is 156 Å². The first kappa shape index (κ1) is 17.0. The second-order valence-corrected chi connectivity index (χ2v) is 7.92. The first-order valence-electron chi connectivity index (χ1n) is 8.77. The molecule has 2 aromatic heterocycles. The number of aromatic nitrogens is 2. The Morgan fingerprint density at radius 3 is 3.04 bits per heavy atom. The summed E-state index contributed by atoms with van der Waals surface area (Å²) in [5.41, 5.74) is 3.42. The summed E-state index contributed by atoms with van der Waals surface area (Å²) >= 11 is 8.04. The number of aliphatic hydroxyl groups is 1. The Kier molecular flexibility index (Phi) is 4.82. The average molecular weight is 376 g/mol. The van der Waals surface area contributed by atoms with Crippen LogP contribution in [0, 0.1) is 0 Å². The summed E-state index contributed by atoms with van der Waals surface area (Å²) in [4.78, 5) is 8.88. The highest BCUT2D eigenvalue weighted by molar-refractivity contribution is 7.10. The lowest BCUT2D eigenvalue weighted by Gasteiger charge is -2.35. The number of halogens is 1. The minimum absolute atomic E-state index is 0.0941. The lowest BCUT2D eigenvalue weighted by Crippen LogP contribution is -2.35. The number of nitrogens with zero attached hydrogens (tertiary/aromatic N) is 3. The molecule has 0 bridgehead atoms. The Morgan fingerprint density at radius 1 is 1.36 bits per heavy atom. The molecule has 25 heavy (non-hydrogen) atoms. The molecule has 0 spiro atoms. The van der Waals surface area contributed by atoms with Gasteiger partial charge < -0.3 is 9.67 Å². The molecule has 0 amide bonds. The van der Waals surface area contributed by atoms with Crippen molar-refractivity contribution >= 4 is 34.0 Å². The summed E-state index contributed by atoms with van der Waals surface area (Å²) in [7, 11) is 0. The fourth-order valence-corrected chi connectivity index (χ4v) is 5.01. The molecular weight excluding hydrogens is 354 g/mol. The molecule has 0 saturated carbocycles. The van der Waals surface area contributed by atoms with Crippen LogP contribution in [0.3, 0.4) is 0 Å². The number of benzene rings is 1. The van der Waals surface area contributed by atoms with E-state index in [4.69, 9.17) is 16.6 Å². The molecule has 0 fully saturated rings. The van der Waals surface area contributed by atoms with Gasteiger partial charge in [0.1, 0.15) is 5.82 Å². The van der Waals surface area contributed by atoms with Gasteiger partial charge in [0, 0.05) is 29.0 Å². The number of thiophene rings is 1. The second kappa shape index (κ2) is 7.08. The highest BCUT2D eigenvalue weighted by Crippen LogP contribution is 2.36. The molecule has 1 aliphatic rings. The molecule has 3 aromatic rings. The zero-order valence-electron chi connectivity index (χ0n) is 14.3. The topological polar surface area (TPSA) is 41.3 Å². The fraction of sp³-hybridized carbons (Fsp3) is 0.421. The summed E-state index contributed by atoms with van der Waals surface area (Å²) in [5, 5.41) is 12.4. The van der Waals surface area contributed by atoms with Gasteiger partial charge in [-0.15, -0.1) is 11.3 Å². The third kappa shape index (κ3) is 3.10. The van der Waals surface area contributed by atoms with E-state index in [1.54, 1.807) is 0 Å². The van der Waals surface area contributed by atoms with Crippen LogP contribution in [0.25, 0.3) is 11.0 Å². The Balaban J connectivity index is 1.69. The van der Waals surface area contributed by atoms with Gasteiger partial charge in [-0.1, -0.05) is 18.5 Å². The van der Waals surface area contributed by atoms with Gasteiger partial charge in [-0.05, 0) is 48.1 Å². The van der Waals surface area contributed by atoms with E-state index in [9.17, 15) is 5.11 Å². The van der Waals surface area contributed by atoms with Gasteiger partial charge in [-0.25, -0.2) is 4.98 Å². The Morgan fingerprint density at radius 2 is 2.24 bits per heavy atom. The second-order valence-electron chi connectivity index (χ2n) is 6.48. The molecule has 1 aromatic carbocycles. The molecule has 1 N–H and O–H groups in total. The number of imidazole rings is 1. The van der Waals surface area contributed by atoms with Crippen LogP contribution >= 0.6 is 22.9 Å². The van der Waals surface area contributed by atoms with E-state index in [-0.39, 0.29) is 6.61 Å².